The molecule has 1 rings (SSSR count). The number of aryl methyl sites for hydroxylation is 1. The number of rotatable bonds is 3. The monoisotopic (exact) mass is 273 g/mol. The van der Waals surface area contributed by atoms with Gasteiger partial charge >= 0.3 is 0 Å². The minimum absolute atomic E-state index is 0.175. The van der Waals surface area contributed by atoms with E-state index in [4.69, 9.17) is 5.73 Å². The number of nitrogens with two attached hydrogens (primary N) is 1. The molecule has 0 saturated carbocycles. The SMILES string of the molecule is CCC(C)[C@H](N)c1cc(Br)cc(C)c1F. The van der Waals surface area contributed by atoms with Crippen LogP contribution >= 0.6 is 15.9 Å². The van der Waals surface area contributed by atoms with Gasteiger partial charge in [-0.1, -0.05) is 36.2 Å². The zero-order chi connectivity index (χ0) is 11.6. The summed E-state index contributed by atoms with van der Waals surface area (Å²) in [5, 5.41) is 0. The molecule has 15 heavy (non-hydrogen) atoms. The third-order valence-electron chi connectivity index (χ3n) is 2.86. The predicted molar refractivity (Wildman–Crippen MR) is 65.2 cm³/mol. The van der Waals surface area contributed by atoms with Crippen molar-refractivity contribution >= 4 is 15.9 Å². The van der Waals surface area contributed by atoms with Crippen molar-refractivity contribution in [3.63, 3.8) is 0 Å². The molecule has 0 saturated heterocycles. The molecule has 0 aliphatic rings. The van der Waals surface area contributed by atoms with Gasteiger partial charge in [-0.05, 0) is 30.5 Å². The molecule has 3 heteroatoms. The van der Waals surface area contributed by atoms with Gasteiger partial charge in [0.2, 0.25) is 0 Å². The highest BCUT2D eigenvalue weighted by Gasteiger charge is 2.18. The average Bonchev–Trinajstić information content (AvgIpc) is 2.21. The highest BCUT2D eigenvalue weighted by molar-refractivity contribution is 9.10. The van der Waals surface area contributed by atoms with Crippen molar-refractivity contribution in [1.82, 2.24) is 0 Å². The highest BCUT2D eigenvalue weighted by atomic mass is 79.9. The summed E-state index contributed by atoms with van der Waals surface area (Å²) in [7, 11) is 0. The Hall–Kier alpha value is -0.410. The second-order valence-corrected chi connectivity index (χ2v) is 4.95. The average molecular weight is 274 g/mol. The van der Waals surface area contributed by atoms with Crippen LogP contribution in [0.3, 0.4) is 0 Å². The Morgan fingerprint density at radius 2 is 2.07 bits per heavy atom. The molecule has 0 spiro atoms. The second-order valence-electron chi connectivity index (χ2n) is 4.04. The van der Waals surface area contributed by atoms with E-state index in [2.05, 4.69) is 22.9 Å². The Bertz CT molecular complexity index is 352. The summed E-state index contributed by atoms with van der Waals surface area (Å²) in [6, 6.07) is 3.31. The minimum Gasteiger partial charge on any atom is -0.324 e. The van der Waals surface area contributed by atoms with E-state index in [0.717, 1.165) is 10.9 Å². The van der Waals surface area contributed by atoms with Crippen molar-refractivity contribution in [2.24, 2.45) is 11.7 Å². The summed E-state index contributed by atoms with van der Waals surface area (Å²) in [6.45, 7) is 5.86. The molecule has 1 aromatic carbocycles. The molecule has 1 aromatic rings. The molecule has 0 aromatic heterocycles. The predicted octanol–water partition coefficient (Wildman–Crippen LogP) is 3.94. The summed E-state index contributed by atoms with van der Waals surface area (Å²) < 4.78 is 14.7. The van der Waals surface area contributed by atoms with Crippen LogP contribution in [-0.2, 0) is 0 Å². The van der Waals surface area contributed by atoms with Crippen molar-refractivity contribution in [3.05, 3.63) is 33.5 Å². The summed E-state index contributed by atoms with van der Waals surface area (Å²) in [5.41, 5.74) is 7.27. The number of halogens is 2. The molecule has 0 aliphatic carbocycles. The third-order valence-corrected chi connectivity index (χ3v) is 3.32. The molecule has 0 heterocycles. The molecule has 0 radical (unpaired) electrons. The first kappa shape index (κ1) is 12.7. The van der Waals surface area contributed by atoms with Gasteiger partial charge in [-0.2, -0.15) is 0 Å². The van der Waals surface area contributed by atoms with Crippen LogP contribution in [0.25, 0.3) is 0 Å². The van der Waals surface area contributed by atoms with Gasteiger partial charge in [0.05, 0.1) is 0 Å². The fourth-order valence-electron chi connectivity index (χ4n) is 1.55. The Kier molecular flexibility index (Phi) is 4.29. The number of hydrogen-bond acceptors (Lipinski definition) is 1. The quantitative estimate of drug-likeness (QED) is 0.887. The summed E-state index contributed by atoms with van der Waals surface area (Å²) >= 11 is 3.36. The lowest BCUT2D eigenvalue weighted by Gasteiger charge is -2.20. The van der Waals surface area contributed by atoms with Crippen molar-refractivity contribution in [3.8, 4) is 0 Å². The van der Waals surface area contributed by atoms with Crippen LogP contribution in [0.2, 0.25) is 0 Å². The highest BCUT2D eigenvalue weighted by Crippen LogP contribution is 2.28. The molecule has 2 N–H and O–H groups in total. The van der Waals surface area contributed by atoms with Gasteiger partial charge < -0.3 is 5.73 Å². The molecule has 0 bridgehead atoms. The standard InChI is InChI=1S/C12H17BrFN/c1-4-7(2)12(15)10-6-9(13)5-8(3)11(10)14/h5-7,12H,4,15H2,1-3H3/t7?,12-/m0/s1. The van der Waals surface area contributed by atoms with Gasteiger partial charge in [-0.3, -0.25) is 0 Å². The Labute approximate surface area is 99.0 Å². The zero-order valence-corrected chi connectivity index (χ0v) is 10.9. The van der Waals surface area contributed by atoms with E-state index in [0.29, 0.717) is 11.1 Å². The van der Waals surface area contributed by atoms with Crippen LogP contribution in [0.1, 0.15) is 37.4 Å². The summed E-state index contributed by atoms with van der Waals surface area (Å²) in [4.78, 5) is 0. The van der Waals surface area contributed by atoms with E-state index in [1.807, 2.05) is 6.92 Å². The van der Waals surface area contributed by atoms with Gasteiger partial charge in [-0.15, -0.1) is 0 Å². The molecule has 0 amide bonds. The van der Waals surface area contributed by atoms with E-state index in [1.54, 1.807) is 19.1 Å². The van der Waals surface area contributed by atoms with Crippen LogP contribution < -0.4 is 5.73 Å². The molecular formula is C12H17BrFN. The number of hydrogen-bond donors (Lipinski definition) is 1. The molecular weight excluding hydrogens is 257 g/mol. The van der Waals surface area contributed by atoms with Gasteiger partial charge in [0.1, 0.15) is 5.82 Å². The van der Waals surface area contributed by atoms with Gasteiger partial charge in [0, 0.05) is 16.1 Å². The van der Waals surface area contributed by atoms with Crippen LogP contribution in [0, 0.1) is 18.7 Å². The van der Waals surface area contributed by atoms with E-state index in [9.17, 15) is 4.39 Å². The third kappa shape index (κ3) is 2.79. The summed E-state index contributed by atoms with van der Waals surface area (Å²) in [6.07, 6.45) is 0.951. The first-order valence-electron chi connectivity index (χ1n) is 5.18. The Morgan fingerprint density at radius 3 is 2.60 bits per heavy atom. The molecule has 0 aliphatic heterocycles. The van der Waals surface area contributed by atoms with Crippen LogP contribution in [-0.4, -0.2) is 0 Å². The topological polar surface area (TPSA) is 26.0 Å². The molecule has 84 valence electrons. The molecule has 1 unspecified atom stereocenters. The van der Waals surface area contributed by atoms with Crippen LogP contribution in [0.4, 0.5) is 4.39 Å². The lowest BCUT2D eigenvalue weighted by atomic mass is 9.92. The van der Waals surface area contributed by atoms with Gasteiger partial charge in [0.15, 0.2) is 0 Å². The molecule has 1 nitrogen and oxygen atoms in total. The van der Waals surface area contributed by atoms with E-state index in [1.165, 1.54) is 0 Å². The lowest BCUT2D eigenvalue weighted by molar-refractivity contribution is 0.438. The smallest absolute Gasteiger partial charge is 0.130 e. The van der Waals surface area contributed by atoms with Crippen molar-refractivity contribution in [2.75, 3.05) is 0 Å². The van der Waals surface area contributed by atoms with Gasteiger partial charge in [-0.25, -0.2) is 4.39 Å². The fraction of sp³-hybridized carbons (Fsp3) is 0.500. The molecule has 2 atom stereocenters. The lowest BCUT2D eigenvalue weighted by Crippen LogP contribution is -2.20. The first-order valence-corrected chi connectivity index (χ1v) is 5.97. The van der Waals surface area contributed by atoms with E-state index >= 15 is 0 Å². The largest absolute Gasteiger partial charge is 0.324 e. The fourth-order valence-corrected chi connectivity index (χ4v) is 2.14. The maximum atomic E-state index is 13.8. The molecule has 0 fully saturated rings. The second kappa shape index (κ2) is 5.08. The maximum Gasteiger partial charge on any atom is 0.130 e. The zero-order valence-electron chi connectivity index (χ0n) is 9.35. The Morgan fingerprint density at radius 1 is 1.47 bits per heavy atom. The Balaban J connectivity index is 3.13. The summed E-state index contributed by atoms with van der Waals surface area (Å²) in [5.74, 6) is 0.110. The first-order chi connectivity index (χ1) is 6.97. The van der Waals surface area contributed by atoms with Gasteiger partial charge in [0.25, 0.3) is 0 Å². The van der Waals surface area contributed by atoms with E-state index in [-0.39, 0.29) is 17.8 Å². The van der Waals surface area contributed by atoms with Crippen molar-refractivity contribution in [2.45, 2.75) is 33.2 Å². The number of benzene rings is 1. The van der Waals surface area contributed by atoms with Crippen molar-refractivity contribution in [1.29, 1.82) is 0 Å². The minimum atomic E-state index is -0.230. The normalized spacial score (nSPS) is 15.1. The maximum absolute atomic E-state index is 13.8. The van der Waals surface area contributed by atoms with Crippen LogP contribution in [0.15, 0.2) is 16.6 Å². The van der Waals surface area contributed by atoms with Crippen LogP contribution in [0.5, 0.6) is 0 Å². The van der Waals surface area contributed by atoms with E-state index < -0.39 is 0 Å². The van der Waals surface area contributed by atoms with Crippen molar-refractivity contribution < 1.29 is 4.39 Å².